The van der Waals surface area contributed by atoms with Crippen LogP contribution >= 0.6 is 0 Å². The second-order valence-corrected chi connectivity index (χ2v) is 10.4. The highest BCUT2D eigenvalue weighted by Gasteiger charge is 2.23. The van der Waals surface area contributed by atoms with E-state index in [1.54, 1.807) is 0 Å². The van der Waals surface area contributed by atoms with Crippen molar-refractivity contribution < 1.29 is 17.3 Å². The highest BCUT2D eigenvalue weighted by Crippen LogP contribution is 2.33. The predicted octanol–water partition coefficient (Wildman–Crippen LogP) is 5.40. The lowest BCUT2D eigenvalue weighted by molar-refractivity contribution is 0.425. The SMILES string of the molecule is CCCCc1noc(NS(=O)(=O)c2ccc(F)cc2)c1Cc1ccc(-c2ccccc2)c(-c2nn[nH]n2)c1. The lowest BCUT2D eigenvalue weighted by atomic mass is 9.94. The average Bonchev–Trinajstić information content (AvgIpc) is 3.59. The molecule has 0 aliphatic carbocycles. The third kappa shape index (κ3) is 5.47. The van der Waals surface area contributed by atoms with Crippen LogP contribution in [0.4, 0.5) is 10.3 Å². The van der Waals surface area contributed by atoms with E-state index in [1.807, 2.05) is 48.5 Å². The molecule has 3 aromatic carbocycles. The number of hydrogen-bond acceptors (Lipinski definition) is 7. The highest BCUT2D eigenvalue weighted by molar-refractivity contribution is 7.92. The van der Waals surface area contributed by atoms with E-state index in [-0.39, 0.29) is 10.8 Å². The van der Waals surface area contributed by atoms with E-state index in [4.69, 9.17) is 4.52 Å². The molecule has 0 atom stereocenters. The van der Waals surface area contributed by atoms with Gasteiger partial charge in [-0.05, 0) is 65.1 Å². The molecule has 0 radical (unpaired) electrons. The molecule has 0 spiro atoms. The van der Waals surface area contributed by atoms with E-state index in [2.05, 4.69) is 37.4 Å². The minimum atomic E-state index is -4.02. The van der Waals surface area contributed by atoms with Crippen LogP contribution < -0.4 is 4.72 Å². The predicted molar refractivity (Wildman–Crippen MR) is 140 cm³/mol. The first kappa shape index (κ1) is 25.3. The van der Waals surface area contributed by atoms with Crippen molar-refractivity contribution in [3.05, 3.63) is 95.4 Å². The lowest BCUT2D eigenvalue weighted by Crippen LogP contribution is -2.14. The van der Waals surface area contributed by atoms with E-state index in [0.717, 1.165) is 47.2 Å². The zero-order valence-corrected chi connectivity index (χ0v) is 21.4. The zero-order chi connectivity index (χ0) is 26.5. The summed E-state index contributed by atoms with van der Waals surface area (Å²) in [6.07, 6.45) is 2.79. The van der Waals surface area contributed by atoms with Crippen molar-refractivity contribution in [3.63, 3.8) is 0 Å². The fourth-order valence-corrected chi connectivity index (χ4v) is 5.19. The third-order valence-electron chi connectivity index (χ3n) is 6.12. The van der Waals surface area contributed by atoms with Gasteiger partial charge in [0.25, 0.3) is 10.0 Å². The van der Waals surface area contributed by atoms with Crippen LogP contribution in [0, 0.1) is 5.82 Å². The van der Waals surface area contributed by atoms with Gasteiger partial charge in [0.2, 0.25) is 11.7 Å². The van der Waals surface area contributed by atoms with Crippen LogP contribution in [-0.4, -0.2) is 34.2 Å². The number of halogens is 1. The van der Waals surface area contributed by atoms with Gasteiger partial charge in [-0.15, -0.1) is 10.2 Å². The molecule has 11 heteroatoms. The average molecular weight is 533 g/mol. The van der Waals surface area contributed by atoms with Crippen LogP contribution in [0.25, 0.3) is 22.5 Å². The number of nitrogens with zero attached hydrogens (tertiary/aromatic N) is 4. The van der Waals surface area contributed by atoms with Gasteiger partial charge in [0, 0.05) is 17.5 Å². The summed E-state index contributed by atoms with van der Waals surface area (Å²) < 4.78 is 47.3. The van der Waals surface area contributed by atoms with E-state index in [9.17, 15) is 12.8 Å². The van der Waals surface area contributed by atoms with Crippen LogP contribution in [0.5, 0.6) is 0 Å². The number of aryl methyl sites for hydroxylation is 1. The van der Waals surface area contributed by atoms with Crippen LogP contribution in [0.1, 0.15) is 36.6 Å². The molecule has 5 rings (SSSR count). The van der Waals surface area contributed by atoms with Gasteiger partial charge in [-0.1, -0.05) is 61.0 Å². The number of sulfonamides is 1. The maximum Gasteiger partial charge on any atom is 0.264 e. The summed E-state index contributed by atoms with van der Waals surface area (Å²) >= 11 is 0. The Hall–Kier alpha value is -4.38. The molecule has 0 fully saturated rings. The van der Waals surface area contributed by atoms with Crippen molar-refractivity contribution in [3.8, 4) is 22.5 Å². The fourth-order valence-electron chi connectivity index (χ4n) is 4.18. The Kier molecular flexibility index (Phi) is 7.27. The fraction of sp³-hybridized carbons (Fsp3) is 0.185. The van der Waals surface area contributed by atoms with Crippen molar-refractivity contribution in [2.45, 2.75) is 37.5 Å². The number of hydrogen-bond donors (Lipinski definition) is 2. The topological polar surface area (TPSA) is 127 Å². The van der Waals surface area contributed by atoms with Gasteiger partial charge in [0.1, 0.15) is 5.82 Å². The highest BCUT2D eigenvalue weighted by atomic mass is 32.2. The zero-order valence-electron chi connectivity index (χ0n) is 20.6. The number of rotatable bonds is 10. The molecule has 0 amide bonds. The summed E-state index contributed by atoms with van der Waals surface area (Å²) in [6.45, 7) is 2.07. The molecule has 2 heterocycles. The minimum Gasteiger partial charge on any atom is -0.337 e. The molecule has 0 saturated heterocycles. The number of aromatic nitrogens is 5. The first-order chi connectivity index (χ1) is 18.4. The number of nitrogens with one attached hydrogen (secondary N) is 2. The quantitative estimate of drug-likeness (QED) is 0.247. The Balaban J connectivity index is 1.52. The molecule has 0 bridgehead atoms. The molecular weight excluding hydrogens is 507 g/mol. The monoisotopic (exact) mass is 532 g/mol. The number of tetrazole rings is 1. The molecule has 38 heavy (non-hydrogen) atoms. The lowest BCUT2D eigenvalue weighted by Gasteiger charge is -2.11. The Morgan fingerprint density at radius 2 is 1.79 bits per heavy atom. The van der Waals surface area contributed by atoms with E-state index < -0.39 is 15.8 Å². The number of benzene rings is 3. The van der Waals surface area contributed by atoms with E-state index >= 15 is 0 Å². The molecule has 0 aliphatic heterocycles. The smallest absolute Gasteiger partial charge is 0.264 e. The van der Waals surface area contributed by atoms with E-state index in [0.29, 0.717) is 29.9 Å². The van der Waals surface area contributed by atoms with Gasteiger partial charge in [0.05, 0.1) is 10.6 Å². The largest absolute Gasteiger partial charge is 0.337 e. The van der Waals surface area contributed by atoms with Gasteiger partial charge in [-0.25, -0.2) is 17.5 Å². The molecular formula is C27H25FN6O3S. The number of H-pyrrole nitrogens is 1. The van der Waals surface area contributed by atoms with Crippen LogP contribution in [0.2, 0.25) is 0 Å². The second-order valence-electron chi connectivity index (χ2n) is 8.76. The van der Waals surface area contributed by atoms with Gasteiger partial charge < -0.3 is 4.52 Å². The van der Waals surface area contributed by atoms with Crippen LogP contribution in [0.15, 0.2) is 82.2 Å². The molecule has 2 aromatic heterocycles. The van der Waals surface area contributed by atoms with Crippen LogP contribution in [0.3, 0.4) is 0 Å². The summed E-state index contributed by atoms with van der Waals surface area (Å²) in [5, 5.41) is 18.8. The van der Waals surface area contributed by atoms with Gasteiger partial charge in [-0.2, -0.15) is 5.21 Å². The van der Waals surface area contributed by atoms with Crippen molar-refractivity contribution >= 4 is 15.9 Å². The van der Waals surface area contributed by atoms with E-state index in [1.165, 1.54) is 12.1 Å². The molecule has 194 valence electrons. The summed E-state index contributed by atoms with van der Waals surface area (Å²) in [6, 6.07) is 20.4. The van der Waals surface area contributed by atoms with Gasteiger partial charge in [-0.3, -0.25) is 0 Å². The van der Waals surface area contributed by atoms with Crippen LogP contribution in [-0.2, 0) is 22.9 Å². The Bertz CT molecular complexity index is 1620. The molecule has 2 N–H and O–H groups in total. The molecule has 0 unspecified atom stereocenters. The first-order valence-electron chi connectivity index (χ1n) is 12.1. The summed E-state index contributed by atoms with van der Waals surface area (Å²) in [5.41, 5.74) is 4.91. The van der Waals surface area contributed by atoms with Crippen molar-refractivity contribution in [1.82, 2.24) is 25.8 Å². The number of unbranched alkanes of at least 4 members (excludes halogenated alkanes) is 1. The summed E-state index contributed by atoms with van der Waals surface area (Å²) in [4.78, 5) is -0.0806. The maximum absolute atomic E-state index is 13.3. The molecule has 5 aromatic rings. The first-order valence-corrected chi connectivity index (χ1v) is 13.6. The van der Waals surface area contributed by atoms with Crippen molar-refractivity contribution in [2.75, 3.05) is 4.72 Å². The normalized spacial score (nSPS) is 11.5. The minimum absolute atomic E-state index is 0.0358. The summed E-state index contributed by atoms with van der Waals surface area (Å²) in [7, 11) is -4.02. The van der Waals surface area contributed by atoms with Gasteiger partial charge in [0.15, 0.2) is 0 Å². The van der Waals surface area contributed by atoms with Crippen molar-refractivity contribution in [1.29, 1.82) is 0 Å². The van der Waals surface area contributed by atoms with Gasteiger partial charge >= 0.3 is 0 Å². The maximum atomic E-state index is 13.3. The Labute approximate surface area is 219 Å². The number of anilines is 1. The Morgan fingerprint density at radius 3 is 2.50 bits per heavy atom. The third-order valence-corrected chi connectivity index (χ3v) is 7.47. The molecule has 0 aliphatic rings. The number of aromatic amines is 1. The second kappa shape index (κ2) is 10.9. The Morgan fingerprint density at radius 1 is 1.00 bits per heavy atom. The standard InChI is InChI=1S/C27H25FN6O3S/c1-2-3-9-25-24(27(37-31-25)32-38(35,36)21-13-11-20(28)12-14-21)17-18-10-15-22(19-7-5-4-6-8-19)23(16-18)26-29-33-34-30-26/h4-8,10-16,32H,2-3,9,17H2,1H3,(H,29,30,33,34). The molecule has 0 saturated carbocycles. The van der Waals surface area contributed by atoms with Crippen molar-refractivity contribution in [2.24, 2.45) is 0 Å². The summed E-state index contributed by atoms with van der Waals surface area (Å²) in [5.74, 6) is -0.0457. The molecule has 9 nitrogen and oxygen atoms in total.